The lowest BCUT2D eigenvalue weighted by Gasteiger charge is -2.15. The normalized spacial score (nSPS) is 20.7. The van der Waals surface area contributed by atoms with E-state index in [0.717, 1.165) is 13.0 Å². The lowest BCUT2D eigenvalue weighted by atomic mass is 10.1. The van der Waals surface area contributed by atoms with Crippen LogP contribution in [0.3, 0.4) is 0 Å². The first kappa shape index (κ1) is 12.7. The van der Waals surface area contributed by atoms with E-state index in [-0.39, 0.29) is 17.8 Å². The maximum Gasteiger partial charge on any atom is 0.334 e. The van der Waals surface area contributed by atoms with Gasteiger partial charge < -0.3 is 10.5 Å². The van der Waals surface area contributed by atoms with Crippen LogP contribution in [0.1, 0.15) is 13.3 Å². The molecule has 1 unspecified atom stereocenters. The first-order valence-electron chi connectivity index (χ1n) is 5.41. The van der Waals surface area contributed by atoms with Crippen LogP contribution in [0.4, 0.5) is 0 Å². The molecular formula is C11H18N2O3. The van der Waals surface area contributed by atoms with E-state index < -0.39 is 0 Å². The minimum absolute atomic E-state index is 0.102. The van der Waals surface area contributed by atoms with E-state index in [1.807, 2.05) is 4.90 Å². The first-order chi connectivity index (χ1) is 7.54. The van der Waals surface area contributed by atoms with Crippen molar-refractivity contribution in [2.45, 2.75) is 13.3 Å². The number of nitrogens with two attached hydrogens (primary N) is 1. The molecule has 2 N–H and O–H groups in total. The van der Waals surface area contributed by atoms with Gasteiger partial charge in [0.15, 0.2) is 0 Å². The maximum absolute atomic E-state index is 11.3. The summed E-state index contributed by atoms with van der Waals surface area (Å²) >= 11 is 0. The Labute approximate surface area is 95.2 Å². The van der Waals surface area contributed by atoms with Gasteiger partial charge in [-0.05, 0) is 19.9 Å². The molecule has 1 aliphatic rings. The fraction of sp³-hybridized carbons (Fsp3) is 0.636. The molecule has 90 valence electrons. The molecule has 0 radical (unpaired) electrons. The molecule has 0 aromatic rings. The zero-order valence-electron chi connectivity index (χ0n) is 9.57. The lowest BCUT2D eigenvalue weighted by Crippen LogP contribution is -2.29. The molecule has 5 nitrogen and oxygen atoms in total. The minimum Gasteiger partial charge on any atom is -0.463 e. The van der Waals surface area contributed by atoms with Gasteiger partial charge in [0.2, 0.25) is 5.91 Å². The Hall–Kier alpha value is -1.36. The molecule has 1 atom stereocenters. The van der Waals surface area contributed by atoms with Crippen LogP contribution >= 0.6 is 0 Å². The Morgan fingerprint density at radius 3 is 2.75 bits per heavy atom. The third-order valence-electron chi connectivity index (χ3n) is 2.65. The number of ether oxygens (including phenoxy) is 1. The Morgan fingerprint density at radius 2 is 2.25 bits per heavy atom. The van der Waals surface area contributed by atoms with E-state index in [9.17, 15) is 9.59 Å². The average molecular weight is 226 g/mol. The van der Waals surface area contributed by atoms with Crippen LogP contribution in [-0.2, 0) is 14.3 Å². The fourth-order valence-electron chi connectivity index (χ4n) is 1.78. The number of hydrogen-bond acceptors (Lipinski definition) is 4. The van der Waals surface area contributed by atoms with E-state index >= 15 is 0 Å². The molecule has 1 amide bonds. The highest BCUT2D eigenvalue weighted by Crippen LogP contribution is 2.16. The number of amides is 1. The van der Waals surface area contributed by atoms with E-state index in [1.54, 1.807) is 6.92 Å². The lowest BCUT2D eigenvalue weighted by molar-refractivity contribution is -0.138. The largest absolute Gasteiger partial charge is 0.463 e. The van der Waals surface area contributed by atoms with Crippen molar-refractivity contribution in [3.63, 3.8) is 0 Å². The maximum atomic E-state index is 11.3. The summed E-state index contributed by atoms with van der Waals surface area (Å²) < 4.78 is 4.83. The van der Waals surface area contributed by atoms with Crippen LogP contribution in [0, 0.1) is 5.92 Å². The molecular weight excluding hydrogens is 208 g/mol. The van der Waals surface area contributed by atoms with Crippen LogP contribution in [0.15, 0.2) is 12.2 Å². The van der Waals surface area contributed by atoms with Gasteiger partial charge in [-0.1, -0.05) is 6.58 Å². The smallest absolute Gasteiger partial charge is 0.334 e. The molecule has 1 fully saturated rings. The van der Waals surface area contributed by atoms with Gasteiger partial charge in [0, 0.05) is 18.7 Å². The van der Waals surface area contributed by atoms with Crippen LogP contribution < -0.4 is 5.73 Å². The SMILES string of the molecule is C=C(CN1CCC(C(N)=O)C1)C(=O)OCC. The van der Waals surface area contributed by atoms with Crippen molar-refractivity contribution in [2.24, 2.45) is 11.7 Å². The summed E-state index contributed by atoms with van der Waals surface area (Å²) in [5, 5.41) is 0. The number of nitrogens with zero attached hydrogens (tertiary/aromatic N) is 1. The summed E-state index contributed by atoms with van der Waals surface area (Å²) in [6, 6.07) is 0. The number of rotatable bonds is 5. The highest BCUT2D eigenvalue weighted by Gasteiger charge is 2.27. The van der Waals surface area contributed by atoms with Gasteiger partial charge in [-0.3, -0.25) is 9.69 Å². The summed E-state index contributed by atoms with van der Waals surface area (Å²) in [6.07, 6.45) is 0.755. The third kappa shape index (κ3) is 3.34. The molecule has 0 aromatic carbocycles. The summed E-state index contributed by atoms with van der Waals surface area (Å²) in [4.78, 5) is 24.3. The number of likely N-dealkylation sites (tertiary alicyclic amines) is 1. The predicted octanol–water partition coefficient (Wildman–Crippen LogP) is -0.0871. The van der Waals surface area contributed by atoms with Gasteiger partial charge in [0.1, 0.15) is 0 Å². The van der Waals surface area contributed by atoms with Gasteiger partial charge >= 0.3 is 5.97 Å². The van der Waals surface area contributed by atoms with Gasteiger partial charge in [0.25, 0.3) is 0 Å². The Bertz CT molecular complexity index is 302. The van der Waals surface area contributed by atoms with Crippen molar-refractivity contribution in [3.05, 3.63) is 12.2 Å². The van der Waals surface area contributed by atoms with Gasteiger partial charge in [-0.15, -0.1) is 0 Å². The zero-order valence-corrected chi connectivity index (χ0v) is 9.57. The average Bonchev–Trinajstić information content (AvgIpc) is 2.66. The van der Waals surface area contributed by atoms with E-state index in [0.29, 0.717) is 25.3 Å². The molecule has 0 saturated carbocycles. The van der Waals surface area contributed by atoms with Crippen molar-refractivity contribution in [3.8, 4) is 0 Å². The number of carbonyl (C=O) groups is 2. The molecule has 0 aromatic heterocycles. The van der Waals surface area contributed by atoms with Crippen molar-refractivity contribution >= 4 is 11.9 Å². The number of esters is 1. The van der Waals surface area contributed by atoms with Crippen molar-refractivity contribution in [1.82, 2.24) is 4.90 Å². The molecule has 1 rings (SSSR count). The molecule has 1 saturated heterocycles. The van der Waals surface area contributed by atoms with Crippen LogP contribution in [-0.4, -0.2) is 43.0 Å². The highest BCUT2D eigenvalue weighted by atomic mass is 16.5. The Kier molecular flexibility index (Phi) is 4.49. The molecule has 5 heteroatoms. The summed E-state index contributed by atoms with van der Waals surface area (Å²) in [5.41, 5.74) is 5.64. The minimum atomic E-state index is -0.370. The number of carbonyl (C=O) groups excluding carboxylic acids is 2. The monoisotopic (exact) mass is 226 g/mol. The van der Waals surface area contributed by atoms with Crippen molar-refractivity contribution in [2.75, 3.05) is 26.2 Å². The summed E-state index contributed by atoms with van der Waals surface area (Å²) in [5.74, 6) is -0.746. The molecule has 1 aliphatic heterocycles. The van der Waals surface area contributed by atoms with E-state index in [2.05, 4.69) is 6.58 Å². The first-order valence-corrected chi connectivity index (χ1v) is 5.41. The second-order valence-corrected chi connectivity index (χ2v) is 3.95. The Balaban J connectivity index is 2.36. The summed E-state index contributed by atoms with van der Waals surface area (Å²) in [7, 11) is 0. The van der Waals surface area contributed by atoms with Crippen molar-refractivity contribution < 1.29 is 14.3 Å². The second kappa shape index (κ2) is 5.65. The zero-order chi connectivity index (χ0) is 12.1. The highest BCUT2D eigenvalue weighted by molar-refractivity contribution is 5.88. The van der Waals surface area contributed by atoms with E-state index in [1.165, 1.54) is 0 Å². The topological polar surface area (TPSA) is 72.6 Å². The molecule has 0 spiro atoms. The second-order valence-electron chi connectivity index (χ2n) is 3.95. The van der Waals surface area contributed by atoms with Gasteiger partial charge in [-0.2, -0.15) is 0 Å². The Morgan fingerprint density at radius 1 is 1.56 bits per heavy atom. The predicted molar refractivity (Wildman–Crippen MR) is 59.5 cm³/mol. The van der Waals surface area contributed by atoms with Gasteiger partial charge in [0.05, 0.1) is 12.5 Å². The molecule has 1 heterocycles. The van der Waals surface area contributed by atoms with Gasteiger partial charge in [-0.25, -0.2) is 4.79 Å². The molecule has 0 bridgehead atoms. The summed E-state index contributed by atoms with van der Waals surface area (Å²) in [6.45, 7) is 7.60. The van der Waals surface area contributed by atoms with Crippen LogP contribution in [0.25, 0.3) is 0 Å². The number of primary amides is 1. The van der Waals surface area contributed by atoms with Crippen molar-refractivity contribution in [1.29, 1.82) is 0 Å². The van der Waals surface area contributed by atoms with Crippen LogP contribution in [0.5, 0.6) is 0 Å². The third-order valence-corrected chi connectivity index (χ3v) is 2.65. The molecule has 0 aliphatic carbocycles. The van der Waals surface area contributed by atoms with E-state index in [4.69, 9.17) is 10.5 Å². The fourth-order valence-corrected chi connectivity index (χ4v) is 1.78. The standard InChI is InChI=1S/C11H18N2O3/c1-3-16-11(15)8(2)6-13-5-4-9(7-13)10(12)14/h9H,2-7H2,1H3,(H2,12,14). The number of hydrogen-bond donors (Lipinski definition) is 1. The van der Waals surface area contributed by atoms with Crippen LogP contribution in [0.2, 0.25) is 0 Å². The molecule has 16 heavy (non-hydrogen) atoms. The quantitative estimate of drug-likeness (QED) is 0.525.